The van der Waals surface area contributed by atoms with Crippen molar-refractivity contribution in [2.75, 3.05) is 20.3 Å². The molecule has 5 nitrogen and oxygen atoms in total. The Balaban J connectivity index is 1.71. The van der Waals surface area contributed by atoms with Gasteiger partial charge in [-0.3, -0.25) is 4.79 Å². The summed E-state index contributed by atoms with van der Waals surface area (Å²) < 4.78 is 11.2. The zero-order valence-electron chi connectivity index (χ0n) is 18.9. The van der Waals surface area contributed by atoms with Crippen LogP contribution in [0.25, 0.3) is 0 Å². The molecule has 5 heteroatoms. The van der Waals surface area contributed by atoms with Crippen molar-refractivity contribution in [3.8, 4) is 5.75 Å². The number of hydrogen-bond acceptors (Lipinski definition) is 4. The summed E-state index contributed by atoms with van der Waals surface area (Å²) in [6.07, 6.45) is 1.76. The molecule has 1 fully saturated rings. The van der Waals surface area contributed by atoms with Gasteiger partial charge in [0, 0.05) is 19.6 Å². The Hall–Kier alpha value is -2.37. The molecule has 0 aromatic heterocycles. The van der Waals surface area contributed by atoms with Crippen LogP contribution >= 0.6 is 0 Å². The Morgan fingerprint density at radius 1 is 1.19 bits per heavy atom. The van der Waals surface area contributed by atoms with E-state index in [1.54, 1.807) is 12.0 Å². The molecular formula is C26H35NO4. The third-order valence-electron chi connectivity index (χ3n) is 6.07. The molecule has 2 aromatic carbocycles. The fraction of sp³-hybridized carbons (Fsp3) is 0.500. The first-order valence-electron chi connectivity index (χ1n) is 11.2. The highest BCUT2D eigenvalue weighted by atomic mass is 16.5. The molecule has 3 unspecified atom stereocenters. The maximum atomic E-state index is 13.3. The average molecular weight is 426 g/mol. The second-order valence-electron chi connectivity index (χ2n) is 8.80. The summed E-state index contributed by atoms with van der Waals surface area (Å²) in [6.45, 7) is 5.78. The maximum Gasteiger partial charge on any atom is 0.223 e. The lowest BCUT2D eigenvalue weighted by atomic mass is 9.87. The van der Waals surface area contributed by atoms with E-state index in [9.17, 15) is 9.90 Å². The van der Waals surface area contributed by atoms with Gasteiger partial charge in [0.2, 0.25) is 5.91 Å². The number of rotatable bonds is 9. The molecular weight excluding hydrogens is 390 g/mol. The number of carbonyl (C=O) groups is 1. The summed E-state index contributed by atoms with van der Waals surface area (Å²) in [7, 11) is 1.61. The van der Waals surface area contributed by atoms with E-state index < -0.39 is 6.10 Å². The normalized spacial score (nSPS) is 19.8. The van der Waals surface area contributed by atoms with Crippen molar-refractivity contribution >= 4 is 5.91 Å². The van der Waals surface area contributed by atoms with Crippen LogP contribution in [-0.4, -0.2) is 42.3 Å². The second-order valence-corrected chi connectivity index (χ2v) is 8.80. The predicted octanol–water partition coefficient (Wildman–Crippen LogP) is 4.60. The summed E-state index contributed by atoms with van der Waals surface area (Å²) >= 11 is 0. The van der Waals surface area contributed by atoms with E-state index in [1.165, 1.54) is 0 Å². The second kappa shape index (κ2) is 11.3. The maximum absolute atomic E-state index is 13.3. The Morgan fingerprint density at radius 2 is 1.97 bits per heavy atom. The molecule has 0 spiro atoms. The van der Waals surface area contributed by atoms with E-state index in [2.05, 4.69) is 13.8 Å². The number of amides is 1. The predicted molar refractivity (Wildman–Crippen MR) is 122 cm³/mol. The molecule has 1 N–H and O–H groups in total. The van der Waals surface area contributed by atoms with Crippen molar-refractivity contribution in [3.63, 3.8) is 0 Å². The molecule has 0 aliphatic carbocycles. The first-order valence-corrected chi connectivity index (χ1v) is 11.2. The first kappa shape index (κ1) is 23.3. The van der Waals surface area contributed by atoms with E-state index in [0.29, 0.717) is 37.2 Å². The molecule has 1 aliphatic heterocycles. The Labute approximate surface area is 186 Å². The summed E-state index contributed by atoms with van der Waals surface area (Å²) in [4.78, 5) is 15.1. The number of methoxy groups -OCH3 is 1. The van der Waals surface area contributed by atoms with Crippen molar-refractivity contribution in [1.29, 1.82) is 0 Å². The Kier molecular flexibility index (Phi) is 8.50. The minimum atomic E-state index is -0.777. The third kappa shape index (κ3) is 6.81. The van der Waals surface area contributed by atoms with Crippen LogP contribution in [0.15, 0.2) is 54.6 Å². The van der Waals surface area contributed by atoms with Gasteiger partial charge in [-0.2, -0.15) is 0 Å². The number of nitrogens with zero attached hydrogens (tertiary/aromatic N) is 1. The van der Waals surface area contributed by atoms with Crippen LogP contribution in [0.1, 0.15) is 50.3 Å². The summed E-state index contributed by atoms with van der Waals surface area (Å²) in [6, 6.07) is 17.3. The van der Waals surface area contributed by atoms with Gasteiger partial charge in [-0.25, -0.2) is 0 Å². The molecule has 1 amide bonds. The molecule has 1 saturated heterocycles. The van der Waals surface area contributed by atoms with Crippen LogP contribution in [0.2, 0.25) is 0 Å². The number of carbonyl (C=O) groups excluding carboxylic acids is 1. The Morgan fingerprint density at radius 3 is 2.68 bits per heavy atom. The van der Waals surface area contributed by atoms with E-state index in [1.807, 2.05) is 54.6 Å². The molecule has 0 saturated carbocycles. The van der Waals surface area contributed by atoms with Crippen LogP contribution < -0.4 is 4.74 Å². The minimum Gasteiger partial charge on any atom is -0.497 e. The van der Waals surface area contributed by atoms with Crippen LogP contribution in [-0.2, 0) is 16.1 Å². The van der Waals surface area contributed by atoms with Gasteiger partial charge in [-0.15, -0.1) is 0 Å². The number of benzene rings is 2. The molecule has 1 heterocycles. The third-order valence-corrected chi connectivity index (χ3v) is 6.07. The van der Waals surface area contributed by atoms with Crippen LogP contribution in [0.3, 0.4) is 0 Å². The van der Waals surface area contributed by atoms with Gasteiger partial charge < -0.3 is 19.5 Å². The van der Waals surface area contributed by atoms with Gasteiger partial charge in [0.1, 0.15) is 5.75 Å². The largest absolute Gasteiger partial charge is 0.497 e. The first-order chi connectivity index (χ1) is 15.0. The topological polar surface area (TPSA) is 59.0 Å². The SMILES string of the molecule is COc1cccc(C(O)CN(Cc2ccccc2)C(=O)CC2CCOC(C(C)C)C2)c1. The summed E-state index contributed by atoms with van der Waals surface area (Å²) in [5, 5.41) is 10.9. The molecule has 31 heavy (non-hydrogen) atoms. The van der Waals surface area contributed by atoms with E-state index in [0.717, 1.165) is 24.0 Å². The smallest absolute Gasteiger partial charge is 0.223 e. The van der Waals surface area contributed by atoms with Gasteiger partial charge in [0.25, 0.3) is 0 Å². The monoisotopic (exact) mass is 425 g/mol. The van der Waals surface area contributed by atoms with Crippen molar-refractivity contribution < 1.29 is 19.4 Å². The van der Waals surface area contributed by atoms with E-state index in [-0.39, 0.29) is 18.6 Å². The molecule has 2 aromatic rings. The molecule has 3 atom stereocenters. The fourth-order valence-corrected chi connectivity index (χ4v) is 4.15. The van der Waals surface area contributed by atoms with Crippen LogP contribution in [0, 0.1) is 11.8 Å². The number of aliphatic hydroxyl groups excluding tert-OH is 1. The molecule has 0 radical (unpaired) electrons. The van der Waals surface area contributed by atoms with Gasteiger partial charge in [-0.1, -0.05) is 56.3 Å². The molecule has 1 aliphatic rings. The van der Waals surface area contributed by atoms with Crippen molar-refractivity contribution in [2.24, 2.45) is 11.8 Å². The highest BCUT2D eigenvalue weighted by Gasteiger charge is 2.28. The lowest BCUT2D eigenvalue weighted by Crippen LogP contribution is -2.37. The lowest BCUT2D eigenvalue weighted by molar-refractivity contribution is -0.136. The van der Waals surface area contributed by atoms with Crippen LogP contribution in [0.4, 0.5) is 0 Å². The number of ether oxygens (including phenoxy) is 2. The summed E-state index contributed by atoms with van der Waals surface area (Å²) in [5.41, 5.74) is 1.80. The van der Waals surface area contributed by atoms with Gasteiger partial charge >= 0.3 is 0 Å². The summed E-state index contributed by atoms with van der Waals surface area (Å²) in [5.74, 6) is 1.55. The van der Waals surface area contributed by atoms with E-state index >= 15 is 0 Å². The van der Waals surface area contributed by atoms with Gasteiger partial charge in [0.15, 0.2) is 0 Å². The van der Waals surface area contributed by atoms with E-state index in [4.69, 9.17) is 9.47 Å². The van der Waals surface area contributed by atoms with Crippen molar-refractivity contribution in [1.82, 2.24) is 4.90 Å². The fourth-order valence-electron chi connectivity index (χ4n) is 4.15. The standard InChI is InChI=1S/C26H35NO4/c1-19(2)25-14-21(12-13-31-25)15-26(29)27(17-20-8-5-4-6-9-20)18-24(28)22-10-7-11-23(16-22)30-3/h4-11,16,19,21,24-25,28H,12-15,17-18H2,1-3H3. The Bertz CT molecular complexity index is 823. The highest BCUT2D eigenvalue weighted by Crippen LogP contribution is 2.28. The van der Waals surface area contributed by atoms with Gasteiger partial charge in [0.05, 0.1) is 25.9 Å². The van der Waals surface area contributed by atoms with Gasteiger partial charge in [-0.05, 0) is 47.9 Å². The number of aliphatic hydroxyl groups is 1. The quantitative estimate of drug-likeness (QED) is 0.638. The molecule has 3 rings (SSSR count). The molecule has 168 valence electrons. The zero-order chi connectivity index (χ0) is 22.2. The van der Waals surface area contributed by atoms with Crippen molar-refractivity contribution in [2.45, 2.75) is 51.9 Å². The zero-order valence-corrected chi connectivity index (χ0v) is 18.9. The number of hydrogen-bond donors (Lipinski definition) is 1. The van der Waals surface area contributed by atoms with Crippen LogP contribution in [0.5, 0.6) is 5.75 Å². The molecule has 0 bridgehead atoms. The highest BCUT2D eigenvalue weighted by molar-refractivity contribution is 5.76. The van der Waals surface area contributed by atoms with Crippen molar-refractivity contribution in [3.05, 3.63) is 65.7 Å². The minimum absolute atomic E-state index is 0.0835. The average Bonchev–Trinajstić information content (AvgIpc) is 2.79. The lowest BCUT2D eigenvalue weighted by Gasteiger charge is -2.33.